The third-order valence-electron chi connectivity index (χ3n) is 3.53. The lowest BCUT2D eigenvalue weighted by Gasteiger charge is -2.06. The molecular formula is C17H11ClN4OS. The molecule has 1 amide bonds. The molecular weight excluding hydrogens is 344 g/mol. The lowest BCUT2D eigenvalue weighted by molar-refractivity contribution is 0.102. The summed E-state index contributed by atoms with van der Waals surface area (Å²) in [6.45, 7) is 0. The molecule has 0 fully saturated rings. The van der Waals surface area contributed by atoms with Gasteiger partial charge >= 0.3 is 0 Å². The van der Waals surface area contributed by atoms with Crippen molar-refractivity contribution in [2.45, 2.75) is 0 Å². The monoisotopic (exact) mass is 354 g/mol. The molecule has 4 rings (SSSR count). The first-order valence-electron chi connectivity index (χ1n) is 7.17. The molecule has 7 heteroatoms. The summed E-state index contributed by atoms with van der Waals surface area (Å²) in [6.07, 6.45) is 0. The van der Waals surface area contributed by atoms with E-state index in [4.69, 9.17) is 11.6 Å². The van der Waals surface area contributed by atoms with Crippen LogP contribution in [0.3, 0.4) is 0 Å². The maximum atomic E-state index is 12.6. The Kier molecular flexibility index (Phi) is 3.76. The Morgan fingerprint density at radius 3 is 2.58 bits per heavy atom. The molecule has 0 unspecified atom stereocenters. The molecule has 0 spiro atoms. The summed E-state index contributed by atoms with van der Waals surface area (Å²) in [5, 5.41) is 7.76. The highest BCUT2D eigenvalue weighted by Gasteiger charge is 2.18. The number of carbonyl (C=O) groups excluding carboxylic acids is 1. The summed E-state index contributed by atoms with van der Waals surface area (Å²) in [7, 11) is 0. The van der Waals surface area contributed by atoms with E-state index in [-0.39, 0.29) is 5.91 Å². The van der Waals surface area contributed by atoms with Gasteiger partial charge in [0.1, 0.15) is 11.2 Å². The quantitative estimate of drug-likeness (QED) is 0.594. The molecule has 0 aliphatic rings. The van der Waals surface area contributed by atoms with Gasteiger partial charge in [0.2, 0.25) is 4.96 Å². The van der Waals surface area contributed by atoms with Crippen LogP contribution in [0.2, 0.25) is 5.02 Å². The van der Waals surface area contributed by atoms with Gasteiger partial charge in [-0.15, -0.1) is 0 Å². The van der Waals surface area contributed by atoms with E-state index in [1.807, 2.05) is 30.3 Å². The molecule has 0 bridgehead atoms. The number of nitrogens with zero attached hydrogens (tertiary/aromatic N) is 3. The summed E-state index contributed by atoms with van der Waals surface area (Å²) in [5.41, 5.74) is 3.82. The van der Waals surface area contributed by atoms with Gasteiger partial charge in [0.15, 0.2) is 5.82 Å². The first kappa shape index (κ1) is 14.9. The molecule has 0 atom stereocenters. The maximum Gasteiger partial charge on any atom is 0.256 e. The van der Waals surface area contributed by atoms with E-state index >= 15 is 0 Å². The molecule has 24 heavy (non-hydrogen) atoms. The van der Waals surface area contributed by atoms with Gasteiger partial charge in [0.25, 0.3) is 5.91 Å². The molecule has 0 saturated carbocycles. The van der Waals surface area contributed by atoms with E-state index in [9.17, 15) is 4.79 Å². The maximum absolute atomic E-state index is 12.6. The Hall–Kier alpha value is -2.70. The second-order valence-electron chi connectivity index (χ2n) is 5.07. The Balaban J connectivity index is 1.76. The van der Waals surface area contributed by atoms with Crippen LogP contribution in [0.25, 0.3) is 16.2 Å². The predicted octanol–water partition coefficient (Wildman–Crippen LogP) is 4.36. The van der Waals surface area contributed by atoms with Gasteiger partial charge in [-0.1, -0.05) is 53.3 Å². The summed E-state index contributed by atoms with van der Waals surface area (Å²) in [4.78, 5) is 17.9. The van der Waals surface area contributed by atoms with Crippen molar-refractivity contribution < 1.29 is 4.79 Å². The number of hydrogen-bond donors (Lipinski definition) is 1. The average molecular weight is 355 g/mol. The number of benzene rings is 2. The Labute approximate surface area is 146 Å². The van der Waals surface area contributed by atoms with E-state index in [0.717, 1.165) is 10.5 Å². The van der Waals surface area contributed by atoms with Crippen molar-refractivity contribution >= 4 is 39.6 Å². The molecule has 2 aromatic heterocycles. The zero-order valence-electron chi connectivity index (χ0n) is 12.3. The van der Waals surface area contributed by atoms with Crippen molar-refractivity contribution in [1.82, 2.24) is 14.6 Å². The van der Waals surface area contributed by atoms with Crippen molar-refractivity contribution in [2.24, 2.45) is 0 Å². The SMILES string of the molecule is O=C(Nc1c(-c2ccccc2)nc2scnn12)c1ccc(Cl)cc1. The third kappa shape index (κ3) is 2.66. The number of rotatable bonds is 3. The van der Waals surface area contributed by atoms with Crippen molar-refractivity contribution in [2.75, 3.05) is 5.32 Å². The van der Waals surface area contributed by atoms with Crippen LogP contribution >= 0.6 is 22.9 Å². The van der Waals surface area contributed by atoms with Crippen LogP contribution in [0.1, 0.15) is 10.4 Å². The van der Waals surface area contributed by atoms with Gasteiger partial charge in [-0.05, 0) is 24.3 Å². The zero-order chi connectivity index (χ0) is 16.5. The molecule has 0 radical (unpaired) electrons. The normalized spacial score (nSPS) is 10.9. The molecule has 5 nitrogen and oxygen atoms in total. The first-order valence-corrected chi connectivity index (χ1v) is 8.43. The van der Waals surface area contributed by atoms with Crippen LogP contribution in [-0.4, -0.2) is 20.5 Å². The fourth-order valence-electron chi connectivity index (χ4n) is 2.38. The minimum atomic E-state index is -0.237. The zero-order valence-corrected chi connectivity index (χ0v) is 13.9. The highest BCUT2D eigenvalue weighted by Crippen LogP contribution is 2.30. The van der Waals surface area contributed by atoms with Gasteiger partial charge in [0.05, 0.1) is 0 Å². The summed E-state index contributed by atoms with van der Waals surface area (Å²) in [6, 6.07) is 16.4. The van der Waals surface area contributed by atoms with E-state index in [2.05, 4.69) is 15.4 Å². The molecule has 0 aliphatic carbocycles. The number of carbonyl (C=O) groups is 1. The van der Waals surface area contributed by atoms with Gasteiger partial charge < -0.3 is 5.32 Å². The van der Waals surface area contributed by atoms with Crippen LogP contribution in [0, 0.1) is 0 Å². The van der Waals surface area contributed by atoms with Crippen LogP contribution in [0.4, 0.5) is 5.82 Å². The Morgan fingerprint density at radius 2 is 1.83 bits per heavy atom. The van der Waals surface area contributed by atoms with Crippen LogP contribution in [0.15, 0.2) is 60.1 Å². The largest absolute Gasteiger partial charge is 0.305 e. The number of imidazole rings is 1. The van der Waals surface area contributed by atoms with Gasteiger partial charge in [-0.2, -0.15) is 9.61 Å². The van der Waals surface area contributed by atoms with E-state index in [0.29, 0.717) is 22.1 Å². The molecule has 118 valence electrons. The van der Waals surface area contributed by atoms with E-state index in [1.165, 1.54) is 11.3 Å². The molecule has 2 aromatic carbocycles. The van der Waals surface area contributed by atoms with Crippen LogP contribution < -0.4 is 5.32 Å². The lowest BCUT2D eigenvalue weighted by atomic mass is 10.1. The standard InChI is InChI=1S/C17H11ClN4OS/c18-13-8-6-12(7-9-13)16(23)21-15-14(11-4-2-1-3-5-11)20-17-22(15)19-10-24-17/h1-10H,(H,21,23). The number of aromatic nitrogens is 3. The third-order valence-corrected chi connectivity index (χ3v) is 4.46. The number of nitrogens with one attached hydrogen (secondary N) is 1. The fourth-order valence-corrected chi connectivity index (χ4v) is 3.13. The number of halogens is 1. The summed E-state index contributed by atoms with van der Waals surface area (Å²) < 4.78 is 1.64. The Morgan fingerprint density at radius 1 is 1.08 bits per heavy atom. The number of hydrogen-bond acceptors (Lipinski definition) is 4. The second-order valence-corrected chi connectivity index (χ2v) is 6.32. The average Bonchev–Trinajstić information content (AvgIpc) is 3.19. The molecule has 1 N–H and O–H groups in total. The van der Waals surface area contributed by atoms with E-state index in [1.54, 1.807) is 34.3 Å². The van der Waals surface area contributed by atoms with Crippen molar-refractivity contribution in [1.29, 1.82) is 0 Å². The molecule has 2 heterocycles. The molecule has 0 saturated heterocycles. The van der Waals surface area contributed by atoms with Gasteiger partial charge in [0, 0.05) is 16.1 Å². The van der Waals surface area contributed by atoms with Gasteiger partial charge in [-0.25, -0.2) is 4.98 Å². The minimum absolute atomic E-state index is 0.237. The van der Waals surface area contributed by atoms with Crippen LogP contribution in [0.5, 0.6) is 0 Å². The smallest absolute Gasteiger partial charge is 0.256 e. The highest BCUT2D eigenvalue weighted by atomic mass is 35.5. The fraction of sp³-hybridized carbons (Fsp3) is 0. The van der Waals surface area contributed by atoms with Crippen molar-refractivity contribution in [3.05, 3.63) is 70.7 Å². The lowest BCUT2D eigenvalue weighted by Crippen LogP contribution is -2.14. The number of fused-ring (bicyclic) bond motifs is 1. The first-order chi connectivity index (χ1) is 11.7. The summed E-state index contributed by atoms with van der Waals surface area (Å²) >= 11 is 7.29. The molecule has 0 aliphatic heterocycles. The van der Waals surface area contributed by atoms with Crippen molar-refractivity contribution in [3.63, 3.8) is 0 Å². The minimum Gasteiger partial charge on any atom is -0.305 e. The van der Waals surface area contributed by atoms with E-state index < -0.39 is 0 Å². The van der Waals surface area contributed by atoms with Gasteiger partial charge in [-0.3, -0.25) is 4.79 Å². The highest BCUT2D eigenvalue weighted by molar-refractivity contribution is 7.14. The topological polar surface area (TPSA) is 59.3 Å². The predicted molar refractivity (Wildman–Crippen MR) is 95.7 cm³/mol. The Bertz CT molecular complexity index is 1010. The number of amides is 1. The van der Waals surface area contributed by atoms with Crippen LogP contribution in [-0.2, 0) is 0 Å². The molecule has 4 aromatic rings. The number of anilines is 1. The summed E-state index contributed by atoms with van der Waals surface area (Å²) in [5.74, 6) is 0.316. The second kappa shape index (κ2) is 6.07. The van der Waals surface area contributed by atoms with Crippen molar-refractivity contribution in [3.8, 4) is 11.3 Å².